The molecule has 26 heavy (non-hydrogen) atoms. The Kier molecular flexibility index (Phi) is 5.64. The highest BCUT2D eigenvalue weighted by molar-refractivity contribution is 6.19. The number of anilines is 1. The number of hydrogen-bond acceptors (Lipinski definition) is 5. The second-order valence-electron chi connectivity index (χ2n) is 7.70. The number of benzene rings is 1. The Bertz CT molecular complexity index is 744. The minimum Gasteiger partial charge on any atom is -0.495 e. The fourth-order valence-corrected chi connectivity index (χ4v) is 3.13. The molecule has 1 aliphatic carbocycles. The Morgan fingerprint density at radius 1 is 1.15 bits per heavy atom. The van der Waals surface area contributed by atoms with E-state index in [9.17, 15) is 19.2 Å². The molecule has 0 heterocycles. The van der Waals surface area contributed by atoms with Gasteiger partial charge in [-0.05, 0) is 24.6 Å². The monoisotopic (exact) mass is 359 g/mol. The molecule has 1 unspecified atom stereocenters. The predicted octanol–water partition coefficient (Wildman–Crippen LogP) is 2.72. The number of carbonyl (C=O) groups is 4. The maximum Gasteiger partial charge on any atom is 0.236 e. The van der Waals surface area contributed by atoms with Gasteiger partial charge in [-0.3, -0.25) is 19.2 Å². The normalized spacial score (nSPS) is 16.5. The number of ether oxygens (including phenoxy) is 1. The molecule has 0 bridgehead atoms. The van der Waals surface area contributed by atoms with Gasteiger partial charge in [-0.1, -0.05) is 26.8 Å². The van der Waals surface area contributed by atoms with Gasteiger partial charge >= 0.3 is 0 Å². The van der Waals surface area contributed by atoms with Gasteiger partial charge in [0.1, 0.15) is 23.2 Å². The molecule has 1 atom stereocenters. The van der Waals surface area contributed by atoms with E-state index in [0.29, 0.717) is 11.4 Å². The zero-order valence-corrected chi connectivity index (χ0v) is 15.8. The number of hydrogen-bond donors (Lipinski definition) is 1. The molecule has 1 aromatic carbocycles. The molecule has 0 saturated heterocycles. The van der Waals surface area contributed by atoms with Gasteiger partial charge in [0.05, 0.1) is 18.7 Å². The van der Waals surface area contributed by atoms with Crippen molar-refractivity contribution in [3.05, 3.63) is 23.8 Å². The molecule has 1 aliphatic rings. The first-order valence-electron chi connectivity index (χ1n) is 8.61. The third-order valence-corrected chi connectivity index (χ3v) is 4.56. The van der Waals surface area contributed by atoms with E-state index >= 15 is 0 Å². The van der Waals surface area contributed by atoms with E-state index in [2.05, 4.69) is 5.32 Å². The molecule has 140 valence electrons. The summed E-state index contributed by atoms with van der Waals surface area (Å²) in [6.45, 7) is 6.88. The van der Waals surface area contributed by atoms with Crippen LogP contribution in [0.25, 0.3) is 0 Å². The first kappa shape index (κ1) is 19.8. The van der Waals surface area contributed by atoms with E-state index in [4.69, 9.17) is 4.74 Å². The molecule has 6 nitrogen and oxygen atoms in total. The van der Waals surface area contributed by atoms with Gasteiger partial charge in [-0.25, -0.2) is 0 Å². The maximum atomic E-state index is 13.0. The van der Waals surface area contributed by atoms with Gasteiger partial charge in [-0.15, -0.1) is 0 Å². The molecule has 0 spiro atoms. The van der Waals surface area contributed by atoms with Crippen molar-refractivity contribution in [2.75, 3.05) is 12.4 Å². The highest BCUT2D eigenvalue weighted by Crippen LogP contribution is 2.34. The predicted molar refractivity (Wildman–Crippen MR) is 97.1 cm³/mol. The average molecular weight is 359 g/mol. The molecular formula is C20H25NO5. The molecular weight excluding hydrogens is 334 g/mol. The number of amides is 1. The minimum absolute atomic E-state index is 0.0818. The molecule has 1 fully saturated rings. The van der Waals surface area contributed by atoms with Crippen LogP contribution in [0.1, 0.15) is 39.2 Å². The SMILES string of the molecule is COc1ccc(C)cc1NC(=O)C(C(=O)C(C)(C)C)C1C(=O)CCC1=O. The third-order valence-electron chi connectivity index (χ3n) is 4.56. The highest BCUT2D eigenvalue weighted by Gasteiger charge is 2.48. The van der Waals surface area contributed by atoms with Gasteiger partial charge in [0.2, 0.25) is 5.91 Å². The standard InChI is InChI=1S/C20H25NO5/c1-11-6-9-15(26-5)12(10-11)21-19(25)17(18(24)20(2,3)4)16-13(22)7-8-14(16)23/h6,9-10,16-17H,7-8H2,1-5H3,(H,21,25). The average Bonchev–Trinajstić information content (AvgIpc) is 2.87. The summed E-state index contributed by atoms with van der Waals surface area (Å²) in [5.74, 6) is -3.85. The number of ketones is 3. The van der Waals surface area contributed by atoms with Crippen molar-refractivity contribution < 1.29 is 23.9 Å². The van der Waals surface area contributed by atoms with E-state index in [1.807, 2.05) is 13.0 Å². The zero-order valence-electron chi connectivity index (χ0n) is 15.8. The lowest BCUT2D eigenvalue weighted by molar-refractivity contribution is -0.145. The number of aryl methyl sites for hydroxylation is 1. The highest BCUT2D eigenvalue weighted by atomic mass is 16.5. The number of methoxy groups -OCH3 is 1. The Balaban J connectivity index is 2.41. The van der Waals surface area contributed by atoms with E-state index in [0.717, 1.165) is 5.56 Å². The van der Waals surface area contributed by atoms with Crippen LogP contribution >= 0.6 is 0 Å². The largest absolute Gasteiger partial charge is 0.495 e. The van der Waals surface area contributed by atoms with Gasteiger partial charge in [0, 0.05) is 18.3 Å². The Hall–Kier alpha value is -2.50. The van der Waals surface area contributed by atoms with Gasteiger partial charge in [-0.2, -0.15) is 0 Å². The molecule has 1 aromatic rings. The Labute approximate surface area is 153 Å². The van der Waals surface area contributed by atoms with Gasteiger partial charge in [0.25, 0.3) is 0 Å². The van der Waals surface area contributed by atoms with Crippen LogP contribution < -0.4 is 10.1 Å². The lowest BCUT2D eigenvalue weighted by atomic mass is 9.75. The number of nitrogens with one attached hydrogen (secondary N) is 1. The molecule has 1 amide bonds. The fourth-order valence-electron chi connectivity index (χ4n) is 3.13. The summed E-state index contributed by atoms with van der Waals surface area (Å²) in [5, 5.41) is 2.68. The van der Waals surface area contributed by atoms with Crippen LogP contribution in [-0.4, -0.2) is 30.4 Å². The van der Waals surface area contributed by atoms with Crippen molar-refractivity contribution in [2.24, 2.45) is 17.3 Å². The van der Waals surface area contributed by atoms with Crippen LogP contribution in [0.5, 0.6) is 5.75 Å². The van der Waals surface area contributed by atoms with Crippen molar-refractivity contribution in [1.29, 1.82) is 0 Å². The summed E-state index contributed by atoms with van der Waals surface area (Å²) in [7, 11) is 1.47. The van der Waals surface area contributed by atoms with E-state index in [1.54, 1.807) is 32.9 Å². The summed E-state index contributed by atoms with van der Waals surface area (Å²) in [6.07, 6.45) is 0.164. The Morgan fingerprint density at radius 2 is 1.73 bits per heavy atom. The van der Waals surface area contributed by atoms with Crippen LogP contribution in [0.15, 0.2) is 18.2 Å². The summed E-state index contributed by atoms with van der Waals surface area (Å²) in [6, 6.07) is 5.25. The quantitative estimate of drug-likeness (QED) is 0.817. The van der Waals surface area contributed by atoms with E-state index in [1.165, 1.54) is 7.11 Å². The first-order valence-corrected chi connectivity index (χ1v) is 8.61. The van der Waals surface area contributed by atoms with Crippen LogP contribution in [0.3, 0.4) is 0 Å². The summed E-state index contributed by atoms with van der Waals surface area (Å²) in [5.41, 5.74) is 0.442. The second kappa shape index (κ2) is 7.40. The summed E-state index contributed by atoms with van der Waals surface area (Å²) >= 11 is 0. The molecule has 0 aliphatic heterocycles. The van der Waals surface area contributed by atoms with Crippen molar-refractivity contribution in [1.82, 2.24) is 0 Å². The lowest BCUT2D eigenvalue weighted by Gasteiger charge is -2.27. The summed E-state index contributed by atoms with van der Waals surface area (Å²) in [4.78, 5) is 50.3. The molecule has 1 N–H and O–H groups in total. The Morgan fingerprint density at radius 3 is 2.23 bits per heavy atom. The van der Waals surface area contributed by atoms with E-state index < -0.39 is 28.9 Å². The van der Waals surface area contributed by atoms with Crippen LogP contribution in [0.2, 0.25) is 0 Å². The first-order chi connectivity index (χ1) is 12.1. The molecule has 0 radical (unpaired) electrons. The van der Waals surface area contributed by atoms with E-state index in [-0.39, 0.29) is 24.4 Å². The van der Waals surface area contributed by atoms with Crippen molar-refractivity contribution in [2.45, 2.75) is 40.5 Å². The van der Waals surface area contributed by atoms with Crippen molar-refractivity contribution >= 4 is 28.9 Å². The molecule has 0 aromatic heterocycles. The third kappa shape index (κ3) is 4.00. The molecule has 1 saturated carbocycles. The van der Waals surface area contributed by atoms with Crippen LogP contribution in [0, 0.1) is 24.2 Å². The number of carbonyl (C=O) groups excluding carboxylic acids is 4. The number of Topliss-reactive ketones (excluding diaryl/α,β-unsaturated/α-hetero) is 3. The van der Waals surface area contributed by atoms with Crippen molar-refractivity contribution in [3.63, 3.8) is 0 Å². The lowest BCUT2D eigenvalue weighted by Crippen LogP contribution is -2.44. The summed E-state index contributed by atoms with van der Waals surface area (Å²) < 4.78 is 5.24. The zero-order chi connectivity index (χ0) is 19.6. The minimum atomic E-state index is -1.33. The van der Waals surface area contributed by atoms with Crippen molar-refractivity contribution in [3.8, 4) is 5.75 Å². The topological polar surface area (TPSA) is 89.5 Å². The fraction of sp³-hybridized carbons (Fsp3) is 0.500. The second-order valence-corrected chi connectivity index (χ2v) is 7.70. The molecule has 6 heteroatoms. The van der Waals surface area contributed by atoms with Crippen LogP contribution in [-0.2, 0) is 19.2 Å². The smallest absolute Gasteiger partial charge is 0.236 e. The van der Waals surface area contributed by atoms with Crippen LogP contribution in [0.4, 0.5) is 5.69 Å². The van der Waals surface area contributed by atoms with Gasteiger partial charge < -0.3 is 10.1 Å². The molecule has 2 rings (SSSR count). The number of rotatable bonds is 5. The maximum absolute atomic E-state index is 13.0. The van der Waals surface area contributed by atoms with Gasteiger partial charge in [0.15, 0.2) is 5.78 Å².